The number of para-hydroxylation sites is 1. The third kappa shape index (κ3) is 6.64. The van der Waals surface area contributed by atoms with E-state index >= 15 is 0 Å². The zero-order chi connectivity index (χ0) is 20.1. The molecule has 0 atom stereocenters. The lowest BCUT2D eigenvalue weighted by atomic mass is 10.2. The van der Waals surface area contributed by atoms with Crippen molar-refractivity contribution in [2.45, 2.75) is 10.4 Å². The smallest absolute Gasteiger partial charge is 0.351 e. The SMILES string of the molecule is O=C(NCCSC(F)(F)F)c1cccc(S(=O)(=O)Nc2ccccc2Cl)c1. The van der Waals surface area contributed by atoms with Gasteiger partial charge in [-0.05, 0) is 42.1 Å². The third-order valence-corrected chi connectivity index (χ3v) is 5.61. The van der Waals surface area contributed by atoms with Crippen LogP contribution in [0.25, 0.3) is 0 Å². The van der Waals surface area contributed by atoms with Crippen molar-refractivity contribution < 1.29 is 26.4 Å². The maximum absolute atomic E-state index is 12.5. The number of rotatable bonds is 7. The summed E-state index contributed by atoms with van der Waals surface area (Å²) in [6.45, 7) is -0.210. The first-order valence-corrected chi connectivity index (χ1v) is 10.3. The average molecular weight is 439 g/mol. The molecule has 27 heavy (non-hydrogen) atoms. The molecule has 2 rings (SSSR count). The van der Waals surface area contributed by atoms with Gasteiger partial charge in [-0.25, -0.2) is 8.42 Å². The van der Waals surface area contributed by atoms with Crippen LogP contribution in [0.5, 0.6) is 0 Å². The van der Waals surface area contributed by atoms with Crippen molar-refractivity contribution in [3.05, 3.63) is 59.1 Å². The van der Waals surface area contributed by atoms with Gasteiger partial charge in [-0.1, -0.05) is 29.8 Å². The predicted molar refractivity (Wildman–Crippen MR) is 99.5 cm³/mol. The van der Waals surface area contributed by atoms with Gasteiger partial charge in [0.2, 0.25) is 0 Å². The largest absolute Gasteiger partial charge is 0.441 e. The molecular weight excluding hydrogens is 425 g/mol. The summed E-state index contributed by atoms with van der Waals surface area (Å²) in [5, 5.41) is 2.52. The summed E-state index contributed by atoms with van der Waals surface area (Å²) in [5.74, 6) is -1.02. The Morgan fingerprint density at radius 1 is 1.11 bits per heavy atom. The van der Waals surface area contributed by atoms with E-state index in [1.165, 1.54) is 30.3 Å². The van der Waals surface area contributed by atoms with Crippen LogP contribution in [-0.4, -0.2) is 32.1 Å². The molecule has 0 aromatic heterocycles. The fourth-order valence-corrected chi connectivity index (χ4v) is 3.79. The number of carbonyl (C=O) groups excluding carboxylic acids is 1. The molecule has 11 heteroatoms. The molecule has 0 bridgehead atoms. The maximum Gasteiger partial charge on any atom is 0.441 e. The number of hydrogen-bond donors (Lipinski definition) is 2. The number of halogens is 4. The molecule has 0 unspecified atom stereocenters. The lowest BCUT2D eigenvalue weighted by Gasteiger charge is -2.11. The van der Waals surface area contributed by atoms with Crippen molar-refractivity contribution in [3.63, 3.8) is 0 Å². The second-order valence-electron chi connectivity index (χ2n) is 5.16. The van der Waals surface area contributed by atoms with Crippen molar-refractivity contribution in [1.29, 1.82) is 0 Å². The molecule has 0 aliphatic carbocycles. The van der Waals surface area contributed by atoms with Crippen molar-refractivity contribution in [1.82, 2.24) is 5.32 Å². The first kappa shape index (κ1) is 21.4. The second-order valence-corrected chi connectivity index (χ2v) is 8.41. The quantitative estimate of drug-likeness (QED) is 0.637. The molecule has 0 aliphatic heterocycles. The topological polar surface area (TPSA) is 75.3 Å². The maximum atomic E-state index is 12.5. The van der Waals surface area contributed by atoms with Crippen LogP contribution < -0.4 is 10.0 Å². The Kier molecular flexibility index (Phi) is 7.01. The Morgan fingerprint density at radius 2 is 1.81 bits per heavy atom. The highest BCUT2D eigenvalue weighted by Gasteiger charge is 2.27. The minimum absolute atomic E-state index is 0.00837. The highest BCUT2D eigenvalue weighted by atomic mass is 35.5. The van der Waals surface area contributed by atoms with Crippen LogP contribution in [0.1, 0.15) is 10.4 Å². The number of benzene rings is 2. The molecule has 0 aliphatic rings. The molecule has 1 amide bonds. The lowest BCUT2D eigenvalue weighted by molar-refractivity contribution is -0.0327. The highest BCUT2D eigenvalue weighted by Crippen LogP contribution is 2.29. The number of carbonyl (C=O) groups is 1. The standard InChI is InChI=1S/C16H14ClF3N2O3S2/c17-13-6-1-2-7-14(13)22-27(24,25)12-5-3-4-11(10-12)15(23)21-8-9-26-16(18,19)20/h1-7,10,22H,8-9H2,(H,21,23). The van der Waals surface area contributed by atoms with Gasteiger partial charge in [-0.3, -0.25) is 9.52 Å². The van der Waals surface area contributed by atoms with Crippen molar-refractivity contribution >= 4 is 45.0 Å². The number of thioether (sulfide) groups is 1. The van der Waals surface area contributed by atoms with Crippen molar-refractivity contribution in [2.24, 2.45) is 0 Å². The summed E-state index contributed by atoms with van der Waals surface area (Å²) in [4.78, 5) is 11.8. The van der Waals surface area contributed by atoms with Crippen LogP contribution >= 0.6 is 23.4 Å². The molecule has 0 fully saturated rings. The summed E-state index contributed by atoms with van der Waals surface area (Å²) in [6, 6.07) is 11.4. The zero-order valence-corrected chi connectivity index (χ0v) is 16.0. The van der Waals surface area contributed by atoms with Crippen molar-refractivity contribution in [2.75, 3.05) is 17.0 Å². The summed E-state index contributed by atoms with van der Waals surface area (Å²) in [5.41, 5.74) is -4.18. The van der Waals surface area contributed by atoms with Gasteiger partial charge in [0.05, 0.1) is 15.6 Å². The van der Waals surface area contributed by atoms with Gasteiger partial charge in [0.25, 0.3) is 15.9 Å². The van der Waals surface area contributed by atoms with E-state index < -0.39 is 21.4 Å². The van der Waals surface area contributed by atoms with Gasteiger partial charge in [0.1, 0.15) is 0 Å². The molecular formula is C16H14ClF3N2O3S2. The molecule has 2 aromatic carbocycles. The molecule has 2 aromatic rings. The number of anilines is 1. The van der Waals surface area contributed by atoms with E-state index in [0.29, 0.717) is 0 Å². The fourth-order valence-electron chi connectivity index (χ4n) is 1.99. The van der Waals surface area contributed by atoms with E-state index in [1.807, 2.05) is 0 Å². The van der Waals surface area contributed by atoms with Gasteiger partial charge < -0.3 is 5.32 Å². The first-order valence-electron chi connectivity index (χ1n) is 7.45. The van der Waals surface area contributed by atoms with Crippen molar-refractivity contribution in [3.8, 4) is 0 Å². The summed E-state index contributed by atoms with van der Waals surface area (Å²) >= 11 is 5.68. The highest BCUT2D eigenvalue weighted by molar-refractivity contribution is 8.00. The van der Waals surface area contributed by atoms with E-state index in [1.54, 1.807) is 12.1 Å². The number of alkyl halides is 3. The van der Waals surface area contributed by atoms with Gasteiger partial charge >= 0.3 is 5.51 Å². The summed E-state index contributed by atoms with van der Waals surface area (Å²) < 4.78 is 63.4. The Bertz CT molecular complexity index is 921. The Labute approximate surface area is 163 Å². The van der Waals surface area contributed by atoms with E-state index in [-0.39, 0.29) is 45.2 Å². The number of sulfonamides is 1. The molecule has 0 saturated carbocycles. The van der Waals surface area contributed by atoms with Crippen LogP contribution in [0.15, 0.2) is 53.4 Å². The van der Waals surface area contributed by atoms with Crippen LogP contribution in [0.3, 0.4) is 0 Å². The normalized spacial score (nSPS) is 11.9. The van der Waals surface area contributed by atoms with Crippen LogP contribution in [0.4, 0.5) is 18.9 Å². The molecule has 2 N–H and O–H groups in total. The first-order chi connectivity index (χ1) is 12.6. The predicted octanol–water partition coefficient (Wildman–Crippen LogP) is 4.12. The fraction of sp³-hybridized carbons (Fsp3) is 0.188. The summed E-state index contributed by atoms with van der Waals surface area (Å²) in [7, 11) is -4.00. The van der Waals surface area contributed by atoms with Gasteiger partial charge in [0, 0.05) is 17.9 Å². The lowest BCUT2D eigenvalue weighted by Crippen LogP contribution is -2.26. The van der Waals surface area contributed by atoms with Gasteiger partial charge in [-0.15, -0.1) is 0 Å². The van der Waals surface area contributed by atoms with E-state index in [0.717, 1.165) is 6.07 Å². The van der Waals surface area contributed by atoms with E-state index in [9.17, 15) is 26.4 Å². The number of nitrogens with one attached hydrogen (secondary N) is 2. The third-order valence-electron chi connectivity index (χ3n) is 3.18. The zero-order valence-electron chi connectivity index (χ0n) is 13.6. The van der Waals surface area contributed by atoms with Crippen LogP contribution in [-0.2, 0) is 10.0 Å². The van der Waals surface area contributed by atoms with E-state index in [2.05, 4.69) is 10.0 Å². The molecule has 0 radical (unpaired) electrons. The van der Waals surface area contributed by atoms with E-state index in [4.69, 9.17) is 11.6 Å². The molecule has 0 heterocycles. The monoisotopic (exact) mass is 438 g/mol. The molecule has 0 saturated heterocycles. The minimum Gasteiger partial charge on any atom is -0.351 e. The minimum atomic E-state index is -4.37. The number of amides is 1. The average Bonchev–Trinajstić information content (AvgIpc) is 2.60. The summed E-state index contributed by atoms with van der Waals surface area (Å²) in [6.07, 6.45) is 0. The number of hydrogen-bond acceptors (Lipinski definition) is 4. The molecule has 146 valence electrons. The van der Waals surface area contributed by atoms with Crippen LogP contribution in [0.2, 0.25) is 5.02 Å². The van der Waals surface area contributed by atoms with Gasteiger partial charge in [-0.2, -0.15) is 13.2 Å². The Morgan fingerprint density at radius 3 is 2.48 bits per heavy atom. The molecule has 0 spiro atoms. The molecule has 5 nitrogen and oxygen atoms in total. The Hall–Kier alpha value is -1.91. The van der Waals surface area contributed by atoms with Gasteiger partial charge in [0.15, 0.2) is 0 Å². The second kappa shape index (κ2) is 8.85. The Balaban J connectivity index is 2.07. The van der Waals surface area contributed by atoms with Crippen LogP contribution in [0, 0.1) is 0 Å².